The third kappa shape index (κ3) is 11.2. The quantitative estimate of drug-likeness (QED) is 0.490. The highest BCUT2D eigenvalue weighted by Crippen LogP contribution is 1.97. The van der Waals surface area contributed by atoms with Gasteiger partial charge >= 0.3 is 0 Å². The van der Waals surface area contributed by atoms with Gasteiger partial charge in [-0.25, -0.2) is 0 Å². The van der Waals surface area contributed by atoms with Crippen LogP contribution in [0.25, 0.3) is 0 Å². The smallest absolute Gasteiger partial charge is 0.221 e. The fourth-order valence-corrected chi connectivity index (χ4v) is 1.39. The molecule has 0 unspecified atom stereocenters. The molecule has 0 rings (SSSR count). The van der Waals surface area contributed by atoms with E-state index in [0.29, 0.717) is 32.5 Å². The number of hydrogen-bond donors (Lipinski definition) is 3. The van der Waals surface area contributed by atoms with Crippen LogP contribution in [0.1, 0.15) is 45.4 Å². The van der Waals surface area contributed by atoms with Crippen LogP contribution in [0, 0.1) is 0 Å². The summed E-state index contributed by atoms with van der Waals surface area (Å²) in [6.45, 7) is 3.70. The summed E-state index contributed by atoms with van der Waals surface area (Å²) in [5.41, 5.74) is 5.24. The average Bonchev–Trinajstić information content (AvgIpc) is 2.29. The van der Waals surface area contributed by atoms with Crippen LogP contribution < -0.4 is 16.4 Å². The van der Waals surface area contributed by atoms with Crippen LogP contribution in [0.2, 0.25) is 0 Å². The van der Waals surface area contributed by atoms with Gasteiger partial charge in [-0.05, 0) is 12.8 Å². The summed E-state index contributed by atoms with van der Waals surface area (Å²) >= 11 is 0. The summed E-state index contributed by atoms with van der Waals surface area (Å²) in [6.07, 6.45) is 4.91. The van der Waals surface area contributed by atoms with E-state index in [1.807, 2.05) is 0 Å². The molecular formula is C12H25N3O2. The molecule has 0 saturated carbocycles. The molecule has 0 aromatic rings. The van der Waals surface area contributed by atoms with Crippen molar-refractivity contribution in [3.8, 4) is 0 Å². The molecule has 5 nitrogen and oxygen atoms in total. The van der Waals surface area contributed by atoms with Gasteiger partial charge in [-0.2, -0.15) is 0 Å². The van der Waals surface area contributed by atoms with Crippen molar-refractivity contribution in [3.63, 3.8) is 0 Å². The zero-order valence-corrected chi connectivity index (χ0v) is 10.8. The Balaban J connectivity index is 3.27. The minimum Gasteiger partial charge on any atom is -0.356 e. The van der Waals surface area contributed by atoms with Crippen LogP contribution in [-0.4, -0.2) is 31.4 Å². The van der Waals surface area contributed by atoms with Crippen molar-refractivity contribution in [3.05, 3.63) is 0 Å². The molecule has 100 valence electrons. The first kappa shape index (κ1) is 15.9. The Morgan fingerprint density at radius 1 is 0.941 bits per heavy atom. The van der Waals surface area contributed by atoms with Crippen LogP contribution in [0.15, 0.2) is 0 Å². The highest BCUT2D eigenvalue weighted by atomic mass is 16.2. The standard InChI is InChI=1S/C12H25N3O2/c1-2-3-4-6-11(16)14-9-5-10-15-12(17)7-8-13/h2-10,13H2,1H3,(H,14,16)(H,15,17). The minimum atomic E-state index is -0.0261. The predicted molar refractivity (Wildman–Crippen MR) is 68.4 cm³/mol. The first-order valence-electron chi connectivity index (χ1n) is 6.44. The van der Waals surface area contributed by atoms with E-state index in [4.69, 9.17) is 5.73 Å². The number of hydrogen-bond acceptors (Lipinski definition) is 3. The zero-order chi connectivity index (χ0) is 12.9. The SMILES string of the molecule is CCCCCC(=O)NCCCNC(=O)CCN. The Morgan fingerprint density at radius 2 is 1.53 bits per heavy atom. The van der Waals surface area contributed by atoms with Crippen LogP contribution >= 0.6 is 0 Å². The van der Waals surface area contributed by atoms with E-state index >= 15 is 0 Å². The summed E-state index contributed by atoms with van der Waals surface area (Å²) in [6, 6.07) is 0. The Labute approximate surface area is 104 Å². The van der Waals surface area contributed by atoms with Crippen molar-refractivity contribution in [2.24, 2.45) is 5.73 Å². The van der Waals surface area contributed by atoms with Gasteiger partial charge < -0.3 is 16.4 Å². The van der Waals surface area contributed by atoms with Crippen molar-refractivity contribution in [1.82, 2.24) is 10.6 Å². The van der Waals surface area contributed by atoms with Gasteiger partial charge in [-0.1, -0.05) is 19.8 Å². The fourth-order valence-electron chi connectivity index (χ4n) is 1.39. The van der Waals surface area contributed by atoms with Crippen molar-refractivity contribution < 1.29 is 9.59 Å². The number of nitrogens with two attached hydrogens (primary N) is 1. The average molecular weight is 243 g/mol. The molecule has 0 aliphatic heterocycles. The van der Waals surface area contributed by atoms with Gasteiger partial charge in [0.05, 0.1) is 0 Å². The molecule has 0 bridgehead atoms. The van der Waals surface area contributed by atoms with E-state index in [-0.39, 0.29) is 11.8 Å². The van der Waals surface area contributed by atoms with Gasteiger partial charge in [-0.3, -0.25) is 9.59 Å². The van der Waals surface area contributed by atoms with E-state index < -0.39 is 0 Å². The lowest BCUT2D eigenvalue weighted by molar-refractivity contribution is -0.121. The maximum absolute atomic E-state index is 11.3. The third-order valence-corrected chi connectivity index (χ3v) is 2.38. The van der Waals surface area contributed by atoms with Gasteiger partial charge in [0.2, 0.25) is 11.8 Å². The number of rotatable bonds is 10. The first-order chi connectivity index (χ1) is 8.20. The minimum absolute atomic E-state index is 0.0261. The lowest BCUT2D eigenvalue weighted by Gasteiger charge is -2.06. The largest absolute Gasteiger partial charge is 0.356 e. The van der Waals surface area contributed by atoms with Crippen LogP contribution in [0.5, 0.6) is 0 Å². The molecule has 0 fully saturated rings. The van der Waals surface area contributed by atoms with Crippen LogP contribution in [-0.2, 0) is 9.59 Å². The summed E-state index contributed by atoms with van der Waals surface area (Å²) in [7, 11) is 0. The van der Waals surface area contributed by atoms with Crippen molar-refractivity contribution in [2.45, 2.75) is 45.4 Å². The molecule has 4 N–H and O–H groups in total. The van der Waals surface area contributed by atoms with Gasteiger partial charge in [-0.15, -0.1) is 0 Å². The number of unbranched alkanes of at least 4 members (excludes halogenated alkanes) is 2. The van der Waals surface area contributed by atoms with Gasteiger partial charge in [0.15, 0.2) is 0 Å². The normalized spacial score (nSPS) is 10.0. The van der Waals surface area contributed by atoms with Crippen molar-refractivity contribution in [2.75, 3.05) is 19.6 Å². The molecule has 0 aromatic heterocycles. The van der Waals surface area contributed by atoms with Crippen molar-refractivity contribution in [1.29, 1.82) is 0 Å². The molecular weight excluding hydrogens is 218 g/mol. The summed E-state index contributed by atoms with van der Waals surface area (Å²) in [5, 5.41) is 5.57. The Bertz CT molecular complexity index is 220. The second kappa shape index (κ2) is 11.4. The van der Waals surface area contributed by atoms with E-state index in [1.165, 1.54) is 0 Å². The molecule has 0 radical (unpaired) electrons. The third-order valence-electron chi connectivity index (χ3n) is 2.38. The fraction of sp³-hybridized carbons (Fsp3) is 0.833. The maximum Gasteiger partial charge on any atom is 0.221 e. The lowest BCUT2D eigenvalue weighted by atomic mass is 10.2. The zero-order valence-electron chi connectivity index (χ0n) is 10.8. The van der Waals surface area contributed by atoms with Crippen molar-refractivity contribution >= 4 is 11.8 Å². The maximum atomic E-state index is 11.3. The van der Waals surface area contributed by atoms with Crippen LogP contribution in [0.4, 0.5) is 0 Å². The number of carbonyl (C=O) groups is 2. The lowest BCUT2D eigenvalue weighted by Crippen LogP contribution is -2.30. The highest BCUT2D eigenvalue weighted by molar-refractivity contribution is 5.76. The van der Waals surface area contributed by atoms with E-state index in [2.05, 4.69) is 17.6 Å². The summed E-state index contributed by atoms with van der Waals surface area (Å²) in [4.78, 5) is 22.3. The Morgan fingerprint density at radius 3 is 2.06 bits per heavy atom. The second-order valence-corrected chi connectivity index (χ2v) is 4.05. The van der Waals surface area contributed by atoms with Gasteiger partial charge in [0.25, 0.3) is 0 Å². The van der Waals surface area contributed by atoms with Crippen LogP contribution in [0.3, 0.4) is 0 Å². The summed E-state index contributed by atoms with van der Waals surface area (Å²) < 4.78 is 0. The molecule has 0 atom stereocenters. The first-order valence-corrected chi connectivity index (χ1v) is 6.44. The summed E-state index contributed by atoms with van der Waals surface area (Å²) in [5.74, 6) is 0.0773. The monoisotopic (exact) mass is 243 g/mol. The number of nitrogens with one attached hydrogen (secondary N) is 2. The van der Waals surface area contributed by atoms with E-state index in [0.717, 1.165) is 25.7 Å². The molecule has 0 aliphatic rings. The Kier molecular flexibility index (Phi) is 10.7. The molecule has 0 aromatic carbocycles. The molecule has 2 amide bonds. The predicted octanol–water partition coefficient (Wildman–Crippen LogP) is 0.538. The molecule has 0 aliphatic carbocycles. The highest BCUT2D eigenvalue weighted by Gasteiger charge is 2.00. The Hall–Kier alpha value is -1.10. The molecule has 0 heterocycles. The topological polar surface area (TPSA) is 84.2 Å². The second-order valence-electron chi connectivity index (χ2n) is 4.05. The van der Waals surface area contributed by atoms with Gasteiger partial charge in [0.1, 0.15) is 0 Å². The van der Waals surface area contributed by atoms with E-state index in [9.17, 15) is 9.59 Å². The van der Waals surface area contributed by atoms with Gasteiger partial charge in [0, 0.05) is 32.5 Å². The molecule has 17 heavy (non-hydrogen) atoms. The molecule has 0 saturated heterocycles. The molecule has 5 heteroatoms. The number of amides is 2. The number of carbonyl (C=O) groups excluding carboxylic acids is 2. The molecule has 0 spiro atoms. The van der Waals surface area contributed by atoms with E-state index in [1.54, 1.807) is 0 Å².